The molecule has 2 aromatic rings. The number of nitrogens with one attached hydrogen (secondary N) is 1. The van der Waals surface area contributed by atoms with Gasteiger partial charge in [-0.05, 0) is 67.8 Å². The Morgan fingerprint density at radius 1 is 1.31 bits per heavy atom. The van der Waals surface area contributed by atoms with Crippen LogP contribution in [0.3, 0.4) is 0 Å². The molecule has 0 unspecified atom stereocenters. The highest BCUT2D eigenvalue weighted by molar-refractivity contribution is 9.11. The standard InChI is InChI=1S/C19H11Br2FN2O2/c1-2-7-26-18-14(20)9-12(10-15(18)21)8-13(11-23)19(25)24-17-6-4-3-5-16(17)22/h1,3-6,8-10H,7H2,(H,24,25)/b13-8-. The molecule has 7 heteroatoms. The Labute approximate surface area is 166 Å². The van der Waals surface area contributed by atoms with Crippen LogP contribution in [0.25, 0.3) is 6.08 Å². The maximum Gasteiger partial charge on any atom is 0.266 e. The number of anilines is 1. The van der Waals surface area contributed by atoms with Crippen LogP contribution in [0.2, 0.25) is 0 Å². The van der Waals surface area contributed by atoms with Crippen molar-refractivity contribution in [1.82, 2.24) is 0 Å². The maximum absolute atomic E-state index is 13.6. The van der Waals surface area contributed by atoms with Gasteiger partial charge < -0.3 is 10.1 Å². The summed E-state index contributed by atoms with van der Waals surface area (Å²) in [5.74, 6) is 1.58. The molecule has 2 rings (SSSR count). The first-order valence-electron chi connectivity index (χ1n) is 7.19. The number of nitriles is 1. The van der Waals surface area contributed by atoms with Crippen LogP contribution in [0.15, 0.2) is 50.9 Å². The number of carbonyl (C=O) groups is 1. The predicted octanol–water partition coefficient (Wildman–Crippen LogP) is 4.91. The zero-order chi connectivity index (χ0) is 19.1. The molecule has 0 heterocycles. The minimum absolute atomic E-state index is 0.000886. The van der Waals surface area contributed by atoms with Crippen molar-refractivity contribution in [2.75, 3.05) is 11.9 Å². The van der Waals surface area contributed by atoms with E-state index < -0.39 is 11.7 Å². The normalized spacial score (nSPS) is 10.6. The van der Waals surface area contributed by atoms with Crippen LogP contribution < -0.4 is 10.1 Å². The molecule has 0 spiro atoms. The number of amides is 1. The maximum atomic E-state index is 13.6. The van der Waals surface area contributed by atoms with E-state index in [2.05, 4.69) is 43.1 Å². The number of benzene rings is 2. The number of ether oxygens (including phenoxy) is 1. The van der Waals surface area contributed by atoms with Gasteiger partial charge in [-0.3, -0.25) is 4.79 Å². The van der Waals surface area contributed by atoms with Crippen LogP contribution in [-0.4, -0.2) is 12.5 Å². The molecule has 0 radical (unpaired) electrons. The molecule has 0 bridgehead atoms. The van der Waals surface area contributed by atoms with Gasteiger partial charge >= 0.3 is 0 Å². The molecule has 0 atom stereocenters. The van der Waals surface area contributed by atoms with Crippen molar-refractivity contribution in [3.05, 3.63) is 62.3 Å². The number of para-hydroxylation sites is 1. The average molecular weight is 478 g/mol. The molecule has 4 nitrogen and oxygen atoms in total. The molecular formula is C19H11Br2FN2O2. The Kier molecular flexibility index (Phi) is 6.97. The molecule has 0 saturated carbocycles. The van der Waals surface area contributed by atoms with Crippen molar-refractivity contribution < 1.29 is 13.9 Å². The summed E-state index contributed by atoms with van der Waals surface area (Å²) < 4.78 is 20.2. The number of nitrogens with zero attached hydrogens (tertiary/aromatic N) is 1. The molecule has 2 aromatic carbocycles. The summed E-state index contributed by atoms with van der Waals surface area (Å²) >= 11 is 6.71. The summed E-state index contributed by atoms with van der Waals surface area (Å²) in [5, 5.41) is 11.6. The van der Waals surface area contributed by atoms with Crippen LogP contribution in [0, 0.1) is 29.5 Å². The lowest BCUT2D eigenvalue weighted by atomic mass is 10.1. The number of hydrogen-bond acceptors (Lipinski definition) is 3. The van der Waals surface area contributed by atoms with Gasteiger partial charge in [0.25, 0.3) is 5.91 Å². The zero-order valence-electron chi connectivity index (χ0n) is 13.2. The van der Waals surface area contributed by atoms with Crippen molar-refractivity contribution in [2.45, 2.75) is 0 Å². The summed E-state index contributed by atoms with van der Waals surface area (Å²) in [6, 6.07) is 10.9. The molecule has 0 fully saturated rings. The first-order chi connectivity index (χ1) is 12.5. The van der Waals surface area contributed by atoms with Crippen LogP contribution >= 0.6 is 31.9 Å². The van der Waals surface area contributed by atoms with Crippen molar-refractivity contribution in [1.29, 1.82) is 5.26 Å². The van der Waals surface area contributed by atoms with E-state index in [1.165, 1.54) is 24.3 Å². The third-order valence-electron chi connectivity index (χ3n) is 3.12. The summed E-state index contributed by atoms with van der Waals surface area (Å²) in [4.78, 5) is 12.2. The van der Waals surface area contributed by atoms with Gasteiger partial charge in [-0.15, -0.1) is 6.42 Å². The highest BCUT2D eigenvalue weighted by Crippen LogP contribution is 2.35. The Morgan fingerprint density at radius 2 is 1.96 bits per heavy atom. The summed E-state index contributed by atoms with van der Waals surface area (Å²) in [6.07, 6.45) is 6.56. The SMILES string of the molecule is C#CCOc1c(Br)cc(/C=C(/C#N)C(=O)Nc2ccccc2F)cc1Br. The summed E-state index contributed by atoms with van der Waals surface area (Å²) in [5.41, 5.74) is 0.389. The van der Waals surface area contributed by atoms with Gasteiger partial charge in [0, 0.05) is 0 Å². The lowest BCUT2D eigenvalue weighted by Gasteiger charge is -2.09. The first kappa shape index (κ1) is 19.7. The average Bonchev–Trinajstić information content (AvgIpc) is 2.61. The van der Waals surface area contributed by atoms with Crippen molar-refractivity contribution in [3.8, 4) is 24.2 Å². The lowest BCUT2D eigenvalue weighted by molar-refractivity contribution is -0.112. The lowest BCUT2D eigenvalue weighted by Crippen LogP contribution is -2.14. The fourth-order valence-corrected chi connectivity index (χ4v) is 3.43. The van der Waals surface area contributed by atoms with E-state index in [-0.39, 0.29) is 17.9 Å². The monoisotopic (exact) mass is 476 g/mol. The third kappa shape index (κ3) is 4.95. The second-order valence-corrected chi connectivity index (χ2v) is 6.62. The Morgan fingerprint density at radius 3 is 2.54 bits per heavy atom. The predicted molar refractivity (Wildman–Crippen MR) is 105 cm³/mol. The molecule has 0 saturated heterocycles. The third-order valence-corrected chi connectivity index (χ3v) is 4.30. The number of halogens is 3. The molecule has 0 aromatic heterocycles. The van der Waals surface area contributed by atoms with Gasteiger partial charge in [-0.1, -0.05) is 18.1 Å². The van der Waals surface area contributed by atoms with Gasteiger partial charge in [0.15, 0.2) is 0 Å². The van der Waals surface area contributed by atoms with Crippen LogP contribution in [0.1, 0.15) is 5.56 Å². The van der Waals surface area contributed by atoms with Gasteiger partial charge in [-0.25, -0.2) is 4.39 Å². The van der Waals surface area contributed by atoms with Gasteiger partial charge in [0.05, 0.1) is 14.6 Å². The number of terminal acetylenes is 1. The molecule has 1 amide bonds. The van der Waals surface area contributed by atoms with E-state index in [1.54, 1.807) is 18.2 Å². The van der Waals surface area contributed by atoms with E-state index in [9.17, 15) is 14.4 Å². The van der Waals surface area contributed by atoms with Crippen LogP contribution in [-0.2, 0) is 4.79 Å². The van der Waals surface area contributed by atoms with Crippen molar-refractivity contribution in [3.63, 3.8) is 0 Å². The number of carbonyl (C=O) groups excluding carboxylic acids is 1. The highest BCUT2D eigenvalue weighted by Gasteiger charge is 2.13. The minimum atomic E-state index is -0.711. The fourth-order valence-electron chi connectivity index (χ4n) is 1.98. The fraction of sp³-hybridized carbons (Fsp3) is 0.0526. The van der Waals surface area contributed by atoms with Gasteiger partial charge in [0.2, 0.25) is 0 Å². The zero-order valence-corrected chi connectivity index (χ0v) is 16.4. The van der Waals surface area contributed by atoms with Crippen molar-refractivity contribution in [2.24, 2.45) is 0 Å². The minimum Gasteiger partial charge on any atom is -0.479 e. The molecule has 0 aliphatic carbocycles. The number of hydrogen-bond donors (Lipinski definition) is 1. The highest BCUT2D eigenvalue weighted by atomic mass is 79.9. The molecule has 130 valence electrons. The largest absolute Gasteiger partial charge is 0.479 e. The van der Waals surface area contributed by atoms with Gasteiger partial charge in [0.1, 0.15) is 29.8 Å². The van der Waals surface area contributed by atoms with Crippen LogP contribution in [0.4, 0.5) is 10.1 Å². The summed E-state index contributed by atoms with van der Waals surface area (Å²) in [7, 11) is 0. The Bertz CT molecular complexity index is 936. The van der Waals surface area contributed by atoms with E-state index >= 15 is 0 Å². The smallest absolute Gasteiger partial charge is 0.266 e. The summed E-state index contributed by atoms with van der Waals surface area (Å²) in [6.45, 7) is 0.0981. The van der Waals surface area contributed by atoms with E-state index in [4.69, 9.17) is 11.2 Å². The molecule has 26 heavy (non-hydrogen) atoms. The van der Waals surface area contributed by atoms with E-state index in [0.29, 0.717) is 20.3 Å². The van der Waals surface area contributed by atoms with Crippen molar-refractivity contribution >= 4 is 49.5 Å². The molecule has 0 aliphatic heterocycles. The van der Waals surface area contributed by atoms with Gasteiger partial charge in [-0.2, -0.15) is 5.26 Å². The quantitative estimate of drug-likeness (QED) is 0.378. The second-order valence-electron chi connectivity index (χ2n) is 4.91. The van der Waals surface area contributed by atoms with Crippen LogP contribution in [0.5, 0.6) is 5.75 Å². The Hall–Kier alpha value is -2.61. The second kappa shape index (κ2) is 9.19. The first-order valence-corrected chi connectivity index (χ1v) is 8.78. The Balaban J connectivity index is 2.28. The molecular weight excluding hydrogens is 467 g/mol. The molecule has 1 N–H and O–H groups in total. The number of rotatable bonds is 5. The van der Waals surface area contributed by atoms with E-state index in [1.807, 2.05) is 6.07 Å². The molecule has 0 aliphatic rings. The van der Waals surface area contributed by atoms with E-state index in [0.717, 1.165) is 0 Å². The topological polar surface area (TPSA) is 62.1 Å².